The van der Waals surface area contributed by atoms with Crippen molar-refractivity contribution < 1.29 is 41.8 Å². The van der Waals surface area contributed by atoms with Crippen molar-refractivity contribution in [3.8, 4) is 22.6 Å². The number of aromatic carboxylic acids is 1. The number of benzene rings is 4. The molecule has 254 valence electrons. The summed E-state index contributed by atoms with van der Waals surface area (Å²) in [6, 6.07) is 17.3. The molecule has 1 aliphatic heterocycles. The first-order valence-electron chi connectivity index (χ1n) is 14.7. The number of carbonyl (C=O) groups is 3. The summed E-state index contributed by atoms with van der Waals surface area (Å²) in [5.41, 5.74) is 2.65. The minimum atomic E-state index is -4.86. The Labute approximate surface area is 285 Å². The van der Waals surface area contributed by atoms with Crippen LogP contribution in [0, 0.1) is 5.82 Å². The molecule has 0 saturated heterocycles. The van der Waals surface area contributed by atoms with E-state index in [1.54, 1.807) is 18.2 Å². The molecule has 2 heterocycles. The number of hydrogen-bond acceptors (Lipinski definition) is 7. The van der Waals surface area contributed by atoms with E-state index in [1.165, 1.54) is 82.6 Å². The molecule has 4 aromatic carbocycles. The zero-order chi connectivity index (χ0) is 35.6. The number of nitrogens with zero attached hydrogens (tertiary/aromatic N) is 5. The number of carboxylic acid groups (broad SMARTS) is 1. The van der Waals surface area contributed by atoms with Crippen LogP contribution in [0.3, 0.4) is 0 Å². The molecule has 0 radical (unpaired) electrons. The van der Waals surface area contributed by atoms with Crippen molar-refractivity contribution in [1.82, 2.24) is 25.1 Å². The normalized spacial score (nSPS) is 14.3. The van der Waals surface area contributed by atoms with E-state index in [1.807, 2.05) is 0 Å². The number of nitrogens with one attached hydrogen (secondary N) is 1. The van der Waals surface area contributed by atoms with Crippen molar-refractivity contribution >= 4 is 41.1 Å². The first-order valence-corrected chi connectivity index (χ1v) is 15.1. The van der Waals surface area contributed by atoms with Gasteiger partial charge in [0.05, 0.1) is 16.3 Å². The number of fused-ring (bicyclic) bond motifs is 1. The number of carbonyl (C=O) groups excluding carboxylic acids is 2. The van der Waals surface area contributed by atoms with E-state index >= 15 is 4.39 Å². The second kappa shape index (κ2) is 13.8. The Balaban J connectivity index is 1.37. The second-order valence-electron chi connectivity index (χ2n) is 10.9. The Morgan fingerprint density at radius 3 is 2.40 bits per heavy atom. The molecule has 1 aliphatic rings. The predicted octanol–water partition coefficient (Wildman–Crippen LogP) is 6.50. The van der Waals surface area contributed by atoms with Crippen LogP contribution in [0.2, 0.25) is 5.02 Å². The molecule has 0 spiro atoms. The van der Waals surface area contributed by atoms with Crippen LogP contribution in [0.5, 0.6) is 5.75 Å². The van der Waals surface area contributed by atoms with Gasteiger partial charge in [0.25, 0.3) is 5.91 Å². The van der Waals surface area contributed by atoms with Gasteiger partial charge in [0.15, 0.2) is 5.82 Å². The summed E-state index contributed by atoms with van der Waals surface area (Å²) >= 11 is 6.03. The number of alkyl halides is 3. The monoisotopic (exact) mass is 706 g/mol. The van der Waals surface area contributed by atoms with E-state index < -0.39 is 41.8 Å². The minimum absolute atomic E-state index is 0.00135. The van der Waals surface area contributed by atoms with Gasteiger partial charge in [-0.15, -0.1) is 18.3 Å². The van der Waals surface area contributed by atoms with Gasteiger partial charge in [0.1, 0.15) is 18.1 Å². The highest BCUT2D eigenvalue weighted by Crippen LogP contribution is 2.38. The molecule has 50 heavy (non-hydrogen) atoms. The Morgan fingerprint density at radius 1 is 1.00 bits per heavy atom. The number of ether oxygens (including phenoxy) is 1. The van der Waals surface area contributed by atoms with E-state index in [0.29, 0.717) is 22.3 Å². The molecule has 6 rings (SSSR count). The maximum atomic E-state index is 15.2. The molecule has 0 bridgehead atoms. The van der Waals surface area contributed by atoms with Crippen LogP contribution in [-0.4, -0.2) is 60.9 Å². The van der Waals surface area contributed by atoms with E-state index in [0.717, 1.165) is 6.08 Å². The number of carboxylic acids is 1. The summed E-state index contributed by atoms with van der Waals surface area (Å²) in [5, 5.41) is 22.7. The lowest BCUT2D eigenvalue weighted by Gasteiger charge is -2.37. The van der Waals surface area contributed by atoms with Gasteiger partial charge in [-0.2, -0.15) is 4.68 Å². The van der Waals surface area contributed by atoms with E-state index in [4.69, 9.17) is 11.6 Å². The smallest absolute Gasteiger partial charge is 0.478 e. The number of amides is 2. The van der Waals surface area contributed by atoms with Gasteiger partial charge >= 0.3 is 12.3 Å². The lowest BCUT2D eigenvalue weighted by molar-refractivity contribution is -0.274. The molecule has 11 nitrogen and oxygen atoms in total. The fraction of sp³-hybridized carbons (Fsp3) is 0.118. The van der Waals surface area contributed by atoms with Crippen LogP contribution in [0.15, 0.2) is 91.3 Å². The van der Waals surface area contributed by atoms with E-state index in [2.05, 4.69) is 25.6 Å². The topological polar surface area (TPSA) is 140 Å². The Bertz CT molecular complexity index is 2110. The average molecular weight is 707 g/mol. The predicted molar refractivity (Wildman–Crippen MR) is 172 cm³/mol. The van der Waals surface area contributed by atoms with Gasteiger partial charge in [-0.05, 0) is 93.7 Å². The standard InChI is InChI=1S/C34H23ClF4N6O5/c35-27-13-14-28(45-18-40-42-43-45)26(30(27)36)12-15-29(46)44-17-16-24-23(19-6-10-22(11-7-19)50-34(37,38)39)2-1-3-25(24)31(44)32(47)41-21-8-4-20(5-9-21)33(48)49/h1-15,18,31H,16-17H2,(H,41,47)(H,48,49). The summed E-state index contributed by atoms with van der Waals surface area (Å²) in [4.78, 5) is 40.5. The molecule has 1 aromatic heterocycles. The van der Waals surface area contributed by atoms with Crippen LogP contribution in [0.1, 0.15) is 33.1 Å². The third-order valence-corrected chi connectivity index (χ3v) is 8.14. The van der Waals surface area contributed by atoms with Crippen molar-refractivity contribution in [2.45, 2.75) is 18.8 Å². The molecule has 2 N–H and O–H groups in total. The zero-order valence-electron chi connectivity index (χ0n) is 25.4. The van der Waals surface area contributed by atoms with E-state index in [-0.39, 0.29) is 40.5 Å². The SMILES string of the molecule is O=C(O)c1ccc(NC(=O)C2c3cccc(-c4ccc(OC(F)(F)F)cc4)c3CCN2C(=O)C=Cc2c(-n3cnnn3)ccc(Cl)c2F)cc1. The van der Waals surface area contributed by atoms with Crippen molar-refractivity contribution in [2.24, 2.45) is 0 Å². The van der Waals surface area contributed by atoms with Gasteiger partial charge in [-0.25, -0.2) is 9.18 Å². The molecule has 0 fully saturated rings. The fourth-order valence-corrected chi connectivity index (χ4v) is 5.80. The summed E-state index contributed by atoms with van der Waals surface area (Å²) in [7, 11) is 0. The molecule has 1 unspecified atom stereocenters. The molecule has 2 amide bonds. The highest BCUT2D eigenvalue weighted by Gasteiger charge is 2.37. The number of tetrazole rings is 1. The molecule has 5 aromatic rings. The van der Waals surface area contributed by atoms with Crippen LogP contribution in [-0.2, 0) is 16.0 Å². The molecular formula is C34H23ClF4N6O5. The first kappa shape index (κ1) is 33.8. The van der Waals surface area contributed by atoms with Gasteiger partial charge in [-0.3, -0.25) is 9.59 Å². The minimum Gasteiger partial charge on any atom is -0.478 e. The third-order valence-electron chi connectivity index (χ3n) is 7.85. The van der Waals surface area contributed by atoms with Crippen molar-refractivity contribution in [2.75, 3.05) is 11.9 Å². The fourth-order valence-electron chi connectivity index (χ4n) is 5.64. The van der Waals surface area contributed by atoms with Crippen molar-refractivity contribution in [3.05, 3.63) is 124 Å². The Kier molecular flexibility index (Phi) is 9.33. The maximum Gasteiger partial charge on any atom is 0.573 e. The van der Waals surface area contributed by atoms with Crippen molar-refractivity contribution in [3.63, 3.8) is 0 Å². The molecule has 0 aliphatic carbocycles. The number of halogens is 5. The van der Waals surface area contributed by atoms with Crippen molar-refractivity contribution in [1.29, 1.82) is 0 Å². The van der Waals surface area contributed by atoms with Gasteiger partial charge in [0.2, 0.25) is 5.91 Å². The number of rotatable bonds is 8. The van der Waals surface area contributed by atoms with Crippen LogP contribution >= 0.6 is 11.6 Å². The Hall–Kier alpha value is -6.09. The van der Waals surface area contributed by atoms with Crippen LogP contribution in [0.4, 0.5) is 23.2 Å². The van der Waals surface area contributed by atoms with Gasteiger partial charge in [-0.1, -0.05) is 41.9 Å². The molecule has 1 atom stereocenters. The average Bonchev–Trinajstić information content (AvgIpc) is 3.63. The van der Waals surface area contributed by atoms with Gasteiger partial charge < -0.3 is 20.1 Å². The summed E-state index contributed by atoms with van der Waals surface area (Å²) in [5.74, 6) is -3.68. The molecule has 16 heteroatoms. The summed E-state index contributed by atoms with van der Waals surface area (Å²) in [6.45, 7) is 0.0242. The lowest BCUT2D eigenvalue weighted by atomic mass is 9.86. The number of anilines is 1. The largest absolute Gasteiger partial charge is 0.573 e. The number of hydrogen-bond donors (Lipinski definition) is 2. The third kappa shape index (κ3) is 7.17. The summed E-state index contributed by atoms with van der Waals surface area (Å²) in [6.07, 6.45) is -1.07. The Morgan fingerprint density at radius 2 is 1.74 bits per heavy atom. The summed E-state index contributed by atoms with van der Waals surface area (Å²) < 4.78 is 58.6. The highest BCUT2D eigenvalue weighted by molar-refractivity contribution is 6.31. The molecular weight excluding hydrogens is 684 g/mol. The number of aromatic nitrogens is 4. The zero-order valence-corrected chi connectivity index (χ0v) is 26.2. The highest BCUT2D eigenvalue weighted by atomic mass is 35.5. The van der Waals surface area contributed by atoms with Crippen LogP contribution < -0.4 is 10.1 Å². The van der Waals surface area contributed by atoms with E-state index in [9.17, 15) is 32.7 Å². The molecule has 0 saturated carbocycles. The maximum absolute atomic E-state index is 15.2. The van der Waals surface area contributed by atoms with Gasteiger partial charge in [0, 0.05) is 23.9 Å². The lowest BCUT2D eigenvalue weighted by Crippen LogP contribution is -2.45. The van der Waals surface area contributed by atoms with Crippen LogP contribution in [0.25, 0.3) is 22.9 Å². The quantitative estimate of drug-likeness (QED) is 0.138. The first-order chi connectivity index (χ1) is 23.9. The second-order valence-corrected chi connectivity index (χ2v) is 11.3.